The first kappa shape index (κ1) is 28.6. The number of benzene rings is 1. The van der Waals surface area contributed by atoms with Crippen molar-refractivity contribution in [3.8, 4) is 0 Å². The number of ether oxygens (including phenoxy) is 1. The zero-order chi connectivity index (χ0) is 28.3. The van der Waals surface area contributed by atoms with Gasteiger partial charge in [0.25, 0.3) is 0 Å². The van der Waals surface area contributed by atoms with E-state index in [1.807, 2.05) is 32.9 Å². The standard InChI is InChI=1S/C28H37N5O5/c1-18-20(31-25(35)38-28(5,6)7)11-12-21-22(18)23(34)37-24(30-21)33(17-27(2,3)4)26(36)32(8)15-13-19-10-9-14-29-16-19/h9-12,14,16H,13,15,17H2,1-8H3,(H,31,35). The minimum atomic E-state index is -0.668. The van der Waals surface area contributed by atoms with E-state index in [1.54, 1.807) is 64.2 Å². The monoisotopic (exact) mass is 523 g/mol. The zero-order valence-electron chi connectivity index (χ0n) is 23.4. The summed E-state index contributed by atoms with van der Waals surface area (Å²) in [4.78, 5) is 50.6. The van der Waals surface area contributed by atoms with Crippen molar-refractivity contribution in [2.75, 3.05) is 30.4 Å². The van der Waals surface area contributed by atoms with Gasteiger partial charge >= 0.3 is 23.8 Å². The van der Waals surface area contributed by atoms with Gasteiger partial charge in [-0.25, -0.2) is 19.3 Å². The topological polar surface area (TPSA) is 118 Å². The van der Waals surface area contributed by atoms with Crippen LogP contribution in [0, 0.1) is 12.3 Å². The molecule has 0 spiro atoms. The number of hydrogen-bond acceptors (Lipinski definition) is 7. The molecule has 0 fully saturated rings. The Morgan fingerprint density at radius 1 is 1.11 bits per heavy atom. The van der Waals surface area contributed by atoms with Crippen molar-refractivity contribution >= 4 is 34.7 Å². The van der Waals surface area contributed by atoms with Crippen molar-refractivity contribution < 1.29 is 18.7 Å². The van der Waals surface area contributed by atoms with E-state index in [9.17, 15) is 14.4 Å². The number of nitrogens with zero attached hydrogens (tertiary/aromatic N) is 4. The Bertz CT molecular complexity index is 1360. The van der Waals surface area contributed by atoms with E-state index in [0.717, 1.165) is 5.56 Å². The van der Waals surface area contributed by atoms with Crippen LogP contribution in [0.1, 0.15) is 52.7 Å². The Kier molecular flexibility index (Phi) is 8.44. The molecule has 204 valence electrons. The normalized spacial score (nSPS) is 11.8. The summed E-state index contributed by atoms with van der Waals surface area (Å²) >= 11 is 0. The molecule has 0 unspecified atom stereocenters. The van der Waals surface area contributed by atoms with Gasteiger partial charge in [-0.1, -0.05) is 26.8 Å². The number of rotatable bonds is 6. The molecule has 3 rings (SSSR count). The largest absolute Gasteiger partial charge is 0.444 e. The zero-order valence-corrected chi connectivity index (χ0v) is 23.4. The van der Waals surface area contributed by atoms with Crippen LogP contribution in [0.15, 0.2) is 45.9 Å². The van der Waals surface area contributed by atoms with Gasteiger partial charge < -0.3 is 14.1 Å². The van der Waals surface area contributed by atoms with Gasteiger partial charge in [0.1, 0.15) is 5.60 Å². The van der Waals surface area contributed by atoms with E-state index in [0.29, 0.717) is 29.7 Å². The highest BCUT2D eigenvalue weighted by Crippen LogP contribution is 2.27. The number of aryl methyl sites for hydroxylation is 1. The summed E-state index contributed by atoms with van der Waals surface area (Å²) in [7, 11) is 1.70. The highest BCUT2D eigenvalue weighted by Gasteiger charge is 2.29. The van der Waals surface area contributed by atoms with Gasteiger partial charge in [-0.15, -0.1) is 0 Å². The van der Waals surface area contributed by atoms with Crippen LogP contribution in [0.25, 0.3) is 10.9 Å². The maximum Gasteiger partial charge on any atom is 0.412 e. The number of urea groups is 1. The summed E-state index contributed by atoms with van der Waals surface area (Å²) in [5, 5.41) is 2.89. The lowest BCUT2D eigenvalue weighted by molar-refractivity contribution is 0.0635. The molecule has 0 aliphatic carbocycles. The van der Waals surface area contributed by atoms with Gasteiger partial charge in [0.15, 0.2) is 0 Å². The van der Waals surface area contributed by atoms with Crippen molar-refractivity contribution in [3.63, 3.8) is 0 Å². The van der Waals surface area contributed by atoms with E-state index in [-0.39, 0.29) is 29.4 Å². The van der Waals surface area contributed by atoms with E-state index >= 15 is 0 Å². The van der Waals surface area contributed by atoms with Gasteiger partial charge in [-0.3, -0.25) is 10.3 Å². The molecule has 38 heavy (non-hydrogen) atoms. The molecule has 2 heterocycles. The molecule has 2 aromatic heterocycles. The molecule has 3 aromatic rings. The lowest BCUT2D eigenvalue weighted by atomic mass is 9.96. The maximum absolute atomic E-state index is 13.5. The molecule has 10 heteroatoms. The molecule has 1 aromatic carbocycles. The number of amides is 3. The van der Waals surface area contributed by atoms with E-state index in [1.165, 1.54) is 4.90 Å². The van der Waals surface area contributed by atoms with Crippen molar-refractivity contribution in [2.24, 2.45) is 5.41 Å². The first-order valence-electron chi connectivity index (χ1n) is 12.5. The number of aromatic nitrogens is 2. The van der Waals surface area contributed by atoms with Gasteiger partial charge in [0.2, 0.25) is 0 Å². The molecule has 1 N–H and O–H groups in total. The quantitative estimate of drug-likeness (QED) is 0.460. The van der Waals surface area contributed by atoms with Crippen LogP contribution >= 0.6 is 0 Å². The summed E-state index contributed by atoms with van der Waals surface area (Å²) in [6.45, 7) is 13.7. The lowest BCUT2D eigenvalue weighted by Gasteiger charge is -2.31. The van der Waals surface area contributed by atoms with Crippen LogP contribution in [-0.2, 0) is 11.2 Å². The smallest absolute Gasteiger partial charge is 0.412 e. The third-order valence-corrected chi connectivity index (χ3v) is 5.56. The Hall–Kier alpha value is -3.95. The van der Waals surface area contributed by atoms with Gasteiger partial charge in [0.05, 0.1) is 10.9 Å². The van der Waals surface area contributed by atoms with Crippen molar-refractivity contribution in [1.29, 1.82) is 0 Å². The summed E-state index contributed by atoms with van der Waals surface area (Å²) < 4.78 is 10.9. The lowest BCUT2D eigenvalue weighted by Crippen LogP contribution is -2.46. The first-order valence-corrected chi connectivity index (χ1v) is 12.5. The summed E-state index contributed by atoms with van der Waals surface area (Å²) in [5.74, 6) is 0. The number of anilines is 2. The third kappa shape index (κ3) is 7.53. The van der Waals surface area contributed by atoms with Crippen LogP contribution in [0.2, 0.25) is 0 Å². The number of fused-ring (bicyclic) bond motifs is 1. The second-order valence-corrected chi connectivity index (χ2v) is 11.5. The van der Waals surface area contributed by atoms with E-state index in [2.05, 4.69) is 15.3 Å². The second kappa shape index (κ2) is 11.2. The van der Waals surface area contributed by atoms with Crippen LogP contribution in [0.4, 0.5) is 21.3 Å². The molecule has 10 nitrogen and oxygen atoms in total. The van der Waals surface area contributed by atoms with Crippen LogP contribution < -0.4 is 15.8 Å². The van der Waals surface area contributed by atoms with Gasteiger partial charge in [-0.2, -0.15) is 4.98 Å². The molecule has 0 aliphatic heterocycles. The minimum Gasteiger partial charge on any atom is -0.444 e. The fourth-order valence-electron chi connectivity index (χ4n) is 3.81. The minimum absolute atomic E-state index is 0.0806. The molecule has 0 aliphatic rings. The number of nitrogens with one attached hydrogen (secondary N) is 1. The van der Waals surface area contributed by atoms with Gasteiger partial charge in [-0.05, 0) is 68.9 Å². The van der Waals surface area contributed by atoms with E-state index in [4.69, 9.17) is 9.15 Å². The highest BCUT2D eigenvalue weighted by molar-refractivity contribution is 5.94. The fourth-order valence-corrected chi connectivity index (χ4v) is 3.81. The SMILES string of the molecule is Cc1c(NC(=O)OC(C)(C)C)ccc2nc(N(CC(C)(C)C)C(=O)N(C)CCc3cccnc3)oc(=O)c12. The Balaban J connectivity index is 1.92. The van der Waals surface area contributed by atoms with Crippen LogP contribution in [0.5, 0.6) is 0 Å². The second-order valence-electron chi connectivity index (χ2n) is 11.5. The molecule has 3 amide bonds. The summed E-state index contributed by atoms with van der Waals surface area (Å²) in [6.07, 6.45) is 3.46. The Morgan fingerprint density at radius 2 is 1.82 bits per heavy atom. The molecule has 0 bridgehead atoms. The van der Waals surface area contributed by atoms with Crippen LogP contribution in [0.3, 0.4) is 0 Å². The molecular weight excluding hydrogens is 486 g/mol. The fraction of sp³-hybridized carbons (Fsp3) is 0.464. The number of carbonyl (C=O) groups is 2. The average molecular weight is 524 g/mol. The molecule has 0 saturated carbocycles. The Labute approximate surface area is 223 Å². The molecule has 0 radical (unpaired) electrons. The average Bonchev–Trinajstić information content (AvgIpc) is 2.81. The third-order valence-electron chi connectivity index (χ3n) is 5.56. The highest BCUT2D eigenvalue weighted by atomic mass is 16.6. The first-order chi connectivity index (χ1) is 17.6. The predicted octanol–water partition coefficient (Wildman–Crippen LogP) is 5.39. The number of hydrogen-bond donors (Lipinski definition) is 1. The molecular formula is C28H37N5O5. The number of pyridine rings is 1. The van der Waals surface area contributed by atoms with Crippen molar-refractivity contribution in [2.45, 2.75) is 60.5 Å². The van der Waals surface area contributed by atoms with Gasteiger partial charge in [0, 0.05) is 38.2 Å². The Morgan fingerprint density at radius 3 is 2.42 bits per heavy atom. The van der Waals surface area contributed by atoms with Crippen molar-refractivity contribution in [1.82, 2.24) is 14.9 Å². The maximum atomic E-state index is 13.5. The summed E-state index contributed by atoms with van der Waals surface area (Å²) in [5.41, 5.74) is 0.643. The van der Waals surface area contributed by atoms with E-state index < -0.39 is 17.3 Å². The van der Waals surface area contributed by atoms with Crippen LogP contribution in [-0.4, -0.2) is 52.7 Å². The summed E-state index contributed by atoms with van der Waals surface area (Å²) in [6, 6.07) is 6.65. The predicted molar refractivity (Wildman–Crippen MR) is 148 cm³/mol. The molecule has 0 atom stereocenters. The van der Waals surface area contributed by atoms with Crippen molar-refractivity contribution in [3.05, 3.63) is 58.2 Å². The number of likely N-dealkylation sites (N-methyl/N-ethyl adjacent to an activating group) is 1. The molecule has 0 saturated heterocycles. The number of carbonyl (C=O) groups excluding carboxylic acids is 2.